The van der Waals surface area contributed by atoms with Gasteiger partial charge in [-0.3, -0.25) is 0 Å². The van der Waals surface area contributed by atoms with Crippen LogP contribution in [0.3, 0.4) is 0 Å². The van der Waals surface area contributed by atoms with Crippen molar-refractivity contribution in [2.75, 3.05) is 18.0 Å². The Hall–Kier alpha value is -1.02. The van der Waals surface area contributed by atoms with E-state index in [1.54, 1.807) is 6.92 Å². The van der Waals surface area contributed by atoms with Crippen LogP contribution >= 0.6 is 11.6 Å². The number of anilines is 1. The van der Waals surface area contributed by atoms with E-state index in [-0.39, 0.29) is 11.7 Å². The molecule has 0 N–H and O–H groups in total. The standard InChI is InChI=1S/C13H16ClNO/c1-3-15-8-10(7-9(2)16)13-11(14)5-4-6-12(13)15/h4-6,10H,3,7-8H2,1-2H3. The van der Waals surface area contributed by atoms with Crippen LogP contribution in [-0.4, -0.2) is 18.9 Å². The largest absolute Gasteiger partial charge is 0.371 e. The summed E-state index contributed by atoms with van der Waals surface area (Å²) >= 11 is 6.23. The van der Waals surface area contributed by atoms with Gasteiger partial charge in [0.1, 0.15) is 5.78 Å². The Labute approximate surface area is 101 Å². The number of benzene rings is 1. The number of likely N-dealkylation sites (N-methyl/N-ethyl adjacent to an activating group) is 1. The molecule has 1 heterocycles. The maximum absolute atomic E-state index is 11.3. The van der Waals surface area contributed by atoms with Crippen LogP contribution in [0.2, 0.25) is 5.02 Å². The summed E-state index contributed by atoms with van der Waals surface area (Å²) in [6.45, 7) is 5.64. The van der Waals surface area contributed by atoms with Gasteiger partial charge in [-0.25, -0.2) is 0 Å². The molecular weight excluding hydrogens is 222 g/mol. The number of rotatable bonds is 3. The lowest BCUT2D eigenvalue weighted by Crippen LogP contribution is -2.21. The molecule has 0 aromatic heterocycles. The second kappa shape index (κ2) is 4.46. The Morgan fingerprint density at radius 1 is 1.56 bits per heavy atom. The fraction of sp³-hybridized carbons (Fsp3) is 0.462. The van der Waals surface area contributed by atoms with Crippen LogP contribution in [0.15, 0.2) is 18.2 Å². The van der Waals surface area contributed by atoms with E-state index in [4.69, 9.17) is 11.6 Å². The molecule has 0 fully saturated rings. The predicted molar refractivity (Wildman–Crippen MR) is 67.4 cm³/mol. The van der Waals surface area contributed by atoms with E-state index >= 15 is 0 Å². The second-order valence-corrected chi connectivity index (χ2v) is 4.72. The summed E-state index contributed by atoms with van der Waals surface area (Å²) in [6.07, 6.45) is 0.591. The Kier molecular flexibility index (Phi) is 3.20. The van der Waals surface area contributed by atoms with Crippen molar-refractivity contribution in [3.8, 4) is 0 Å². The monoisotopic (exact) mass is 237 g/mol. The normalized spacial score (nSPS) is 18.7. The predicted octanol–water partition coefficient (Wildman–Crippen LogP) is 3.24. The molecular formula is C13H16ClNO. The number of carbonyl (C=O) groups excluding carboxylic acids is 1. The molecule has 1 atom stereocenters. The quantitative estimate of drug-likeness (QED) is 0.805. The van der Waals surface area contributed by atoms with Gasteiger partial charge in [0.2, 0.25) is 0 Å². The number of ketones is 1. The second-order valence-electron chi connectivity index (χ2n) is 4.31. The van der Waals surface area contributed by atoms with E-state index in [0.29, 0.717) is 6.42 Å². The summed E-state index contributed by atoms with van der Waals surface area (Å²) in [4.78, 5) is 13.5. The van der Waals surface area contributed by atoms with E-state index in [0.717, 1.165) is 23.7 Å². The molecule has 1 unspecified atom stereocenters. The van der Waals surface area contributed by atoms with Gasteiger partial charge in [0, 0.05) is 36.1 Å². The van der Waals surface area contributed by atoms with Crippen LogP contribution in [0.1, 0.15) is 31.7 Å². The number of Topliss-reactive ketones (excluding diaryl/α,β-unsaturated/α-hetero) is 1. The summed E-state index contributed by atoms with van der Waals surface area (Å²) in [7, 11) is 0. The van der Waals surface area contributed by atoms with Crippen molar-refractivity contribution in [2.45, 2.75) is 26.2 Å². The van der Waals surface area contributed by atoms with Crippen molar-refractivity contribution in [1.29, 1.82) is 0 Å². The van der Waals surface area contributed by atoms with Gasteiger partial charge < -0.3 is 9.69 Å². The lowest BCUT2D eigenvalue weighted by Gasteiger charge is -2.16. The van der Waals surface area contributed by atoms with Gasteiger partial charge in [0.05, 0.1) is 0 Å². The maximum Gasteiger partial charge on any atom is 0.130 e. The molecule has 0 aliphatic carbocycles. The zero-order chi connectivity index (χ0) is 11.7. The van der Waals surface area contributed by atoms with Gasteiger partial charge in [0.15, 0.2) is 0 Å². The third-order valence-corrected chi connectivity index (χ3v) is 3.46. The molecule has 3 heteroatoms. The summed E-state index contributed by atoms with van der Waals surface area (Å²) in [5.41, 5.74) is 2.35. The molecule has 0 saturated carbocycles. The lowest BCUT2D eigenvalue weighted by atomic mass is 9.96. The number of hydrogen-bond donors (Lipinski definition) is 0. The Morgan fingerprint density at radius 3 is 2.94 bits per heavy atom. The average molecular weight is 238 g/mol. The molecule has 0 spiro atoms. The molecule has 2 nitrogen and oxygen atoms in total. The Bertz CT molecular complexity index is 416. The average Bonchev–Trinajstić information content (AvgIpc) is 2.57. The highest BCUT2D eigenvalue weighted by Gasteiger charge is 2.30. The number of halogens is 1. The summed E-state index contributed by atoms with van der Waals surface area (Å²) in [5, 5.41) is 0.791. The topological polar surface area (TPSA) is 20.3 Å². The van der Waals surface area contributed by atoms with Crippen molar-refractivity contribution in [1.82, 2.24) is 0 Å². The molecule has 16 heavy (non-hydrogen) atoms. The molecule has 2 rings (SSSR count). The van der Waals surface area contributed by atoms with Crippen LogP contribution < -0.4 is 4.90 Å². The van der Waals surface area contributed by atoms with E-state index in [1.807, 2.05) is 12.1 Å². The zero-order valence-corrected chi connectivity index (χ0v) is 10.4. The minimum Gasteiger partial charge on any atom is -0.371 e. The first kappa shape index (κ1) is 11.5. The smallest absolute Gasteiger partial charge is 0.130 e. The fourth-order valence-corrected chi connectivity index (χ4v) is 2.80. The van der Waals surface area contributed by atoms with Crippen LogP contribution in [0, 0.1) is 0 Å². The van der Waals surface area contributed by atoms with Crippen LogP contribution in [-0.2, 0) is 4.79 Å². The lowest BCUT2D eigenvalue weighted by molar-refractivity contribution is -0.117. The van der Waals surface area contributed by atoms with Gasteiger partial charge in [0.25, 0.3) is 0 Å². The SMILES string of the molecule is CCN1CC(CC(C)=O)c2c(Cl)cccc21. The molecule has 86 valence electrons. The summed E-state index contributed by atoms with van der Waals surface area (Å²) in [6, 6.07) is 5.97. The maximum atomic E-state index is 11.3. The molecule has 1 aliphatic rings. The van der Waals surface area contributed by atoms with Gasteiger partial charge in [-0.1, -0.05) is 17.7 Å². The van der Waals surface area contributed by atoms with Crippen molar-refractivity contribution in [3.63, 3.8) is 0 Å². The Balaban J connectivity index is 2.39. The fourth-order valence-electron chi connectivity index (χ4n) is 2.47. The number of carbonyl (C=O) groups is 1. The van der Waals surface area contributed by atoms with Crippen LogP contribution in [0.4, 0.5) is 5.69 Å². The van der Waals surface area contributed by atoms with Crippen molar-refractivity contribution in [3.05, 3.63) is 28.8 Å². The number of nitrogens with zero attached hydrogens (tertiary/aromatic N) is 1. The highest BCUT2D eigenvalue weighted by atomic mass is 35.5. The van der Waals surface area contributed by atoms with Gasteiger partial charge >= 0.3 is 0 Å². The molecule has 1 aliphatic heterocycles. The molecule has 0 radical (unpaired) electrons. The Morgan fingerprint density at radius 2 is 2.31 bits per heavy atom. The molecule has 0 amide bonds. The van der Waals surface area contributed by atoms with Crippen molar-refractivity contribution in [2.24, 2.45) is 0 Å². The van der Waals surface area contributed by atoms with E-state index in [1.165, 1.54) is 5.69 Å². The van der Waals surface area contributed by atoms with Gasteiger partial charge in [-0.15, -0.1) is 0 Å². The van der Waals surface area contributed by atoms with Gasteiger partial charge in [-0.2, -0.15) is 0 Å². The minimum absolute atomic E-state index is 0.230. The first-order valence-electron chi connectivity index (χ1n) is 5.66. The highest BCUT2D eigenvalue weighted by Crippen LogP contribution is 2.42. The first-order chi connectivity index (χ1) is 7.63. The zero-order valence-electron chi connectivity index (χ0n) is 9.66. The van der Waals surface area contributed by atoms with E-state index in [2.05, 4.69) is 17.9 Å². The minimum atomic E-state index is 0.230. The van der Waals surface area contributed by atoms with E-state index < -0.39 is 0 Å². The third kappa shape index (κ3) is 1.94. The number of hydrogen-bond acceptors (Lipinski definition) is 2. The van der Waals surface area contributed by atoms with Crippen LogP contribution in [0.5, 0.6) is 0 Å². The van der Waals surface area contributed by atoms with Crippen molar-refractivity contribution < 1.29 is 4.79 Å². The van der Waals surface area contributed by atoms with E-state index in [9.17, 15) is 4.79 Å². The summed E-state index contributed by atoms with van der Waals surface area (Å²) < 4.78 is 0. The molecule has 0 bridgehead atoms. The van der Waals surface area contributed by atoms with Crippen molar-refractivity contribution >= 4 is 23.1 Å². The summed E-state index contributed by atoms with van der Waals surface area (Å²) in [5.74, 6) is 0.495. The van der Waals surface area contributed by atoms with Gasteiger partial charge in [-0.05, 0) is 31.5 Å². The molecule has 0 saturated heterocycles. The molecule has 1 aromatic carbocycles. The number of fused-ring (bicyclic) bond motifs is 1. The first-order valence-corrected chi connectivity index (χ1v) is 6.04. The third-order valence-electron chi connectivity index (χ3n) is 3.14. The highest BCUT2D eigenvalue weighted by molar-refractivity contribution is 6.32. The van der Waals surface area contributed by atoms with Crippen LogP contribution in [0.25, 0.3) is 0 Å². The molecule has 1 aromatic rings.